The first-order chi connectivity index (χ1) is 9.13. The van der Waals surface area contributed by atoms with Gasteiger partial charge in [0.15, 0.2) is 0 Å². The molecule has 0 radical (unpaired) electrons. The van der Waals surface area contributed by atoms with Crippen molar-refractivity contribution in [2.24, 2.45) is 4.99 Å². The van der Waals surface area contributed by atoms with Gasteiger partial charge in [-0.2, -0.15) is 0 Å². The van der Waals surface area contributed by atoms with Gasteiger partial charge in [0.25, 0.3) is 5.56 Å². The molecule has 0 amide bonds. The van der Waals surface area contributed by atoms with Crippen LogP contribution in [0.2, 0.25) is 0 Å². The summed E-state index contributed by atoms with van der Waals surface area (Å²) < 4.78 is 0. The lowest BCUT2D eigenvalue weighted by Crippen LogP contribution is -2.16. The van der Waals surface area contributed by atoms with Crippen molar-refractivity contribution in [3.8, 4) is 0 Å². The highest BCUT2D eigenvalue weighted by molar-refractivity contribution is 7.10. The van der Waals surface area contributed by atoms with Gasteiger partial charge < -0.3 is 11.1 Å². The minimum absolute atomic E-state index is 0.140. The summed E-state index contributed by atoms with van der Waals surface area (Å²) in [7, 11) is 0. The van der Waals surface area contributed by atoms with Crippen molar-refractivity contribution in [2.75, 3.05) is 11.1 Å². The molecule has 2 aromatic heterocycles. The van der Waals surface area contributed by atoms with E-state index < -0.39 is 0 Å². The molecule has 19 heavy (non-hydrogen) atoms. The van der Waals surface area contributed by atoms with E-state index in [2.05, 4.69) is 38.6 Å². The van der Waals surface area contributed by atoms with Crippen molar-refractivity contribution < 1.29 is 0 Å². The zero-order valence-corrected chi connectivity index (χ0v) is 11.2. The number of nitrogens with one attached hydrogen (secondary N) is 2. The first-order valence-corrected chi connectivity index (χ1v) is 6.73. The van der Waals surface area contributed by atoms with Crippen molar-refractivity contribution in [2.45, 2.75) is 19.9 Å². The number of thiophene rings is 1. The summed E-state index contributed by atoms with van der Waals surface area (Å²) in [6.07, 6.45) is 0.522. The van der Waals surface area contributed by atoms with Crippen LogP contribution in [0.15, 0.2) is 21.2 Å². The Morgan fingerprint density at radius 3 is 3.16 bits per heavy atom. The summed E-state index contributed by atoms with van der Waals surface area (Å²) in [6, 6.07) is 2.07. The quantitative estimate of drug-likeness (QED) is 0.769. The number of hydrogen-bond donors (Lipinski definition) is 3. The highest BCUT2D eigenvalue weighted by Crippen LogP contribution is 2.20. The Balaban J connectivity index is 1.82. The fraction of sp³-hybridized carbons (Fsp3) is 0.250. The molecule has 3 heterocycles. The highest BCUT2D eigenvalue weighted by atomic mass is 32.1. The van der Waals surface area contributed by atoms with Crippen LogP contribution in [-0.4, -0.2) is 15.8 Å². The third kappa shape index (κ3) is 2.24. The van der Waals surface area contributed by atoms with E-state index in [4.69, 9.17) is 5.73 Å². The van der Waals surface area contributed by atoms with Gasteiger partial charge in [0.2, 0.25) is 5.95 Å². The molecule has 0 aromatic carbocycles. The lowest BCUT2D eigenvalue weighted by molar-refractivity contribution is 1.06. The van der Waals surface area contributed by atoms with Crippen LogP contribution in [0.4, 0.5) is 11.6 Å². The summed E-state index contributed by atoms with van der Waals surface area (Å²) in [6.45, 7) is 2.68. The number of nitrogens with two attached hydrogens (primary N) is 1. The van der Waals surface area contributed by atoms with Crippen LogP contribution in [0.3, 0.4) is 0 Å². The lowest BCUT2D eigenvalue weighted by Gasteiger charge is -1.99. The van der Waals surface area contributed by atoms with Crippen LogP contribution < -0.4 is 16.6 Å². The SMILES string of the molecule is Cc1ccsc1CN=C1Cc2nc(N)[nH]c(=O)c2N1. The summed E-state index contributed by atoms with van der Waals surface area (Å²) in [5, 5.41) is 5.05. The van der Waals surface area contributed by atoms with E-state index in [0.717, 1.165) is 5.84 Å². The Bertz CT molecular complexity index is 715. The van der Waals surface area contributed by atoms with E-state index in [1.165, 1.54) is 10.4 Å². The van der Waals surface area contributed by atoms with Crippen molar-refractivity contribution >= 4 is 28.8 Å². The normalized spacial score (nSPS) is 15.5. The number of nitrogens with zero attached hydrogens (tertiary/aromatic N) is 2. The smallest absolute Gasteiger partial charge is 0.276 e. The molecule has 3 rings (SSSR count). The number of aromatic amines is 1. The van der Waals surface area contributed by atoms with Crippen molar-refractivity contribution in [3.63, 3.8) is 0 Å². The molecular formula is C12H13N5OS. The van der Waals surface area contributed by atoms with Crippen molar-refractivity contribution in [3.05, 3.63) is 37.9 Å². The van der Waals surface area contributed by atoms with Gasteiger partial charge in [-0.3, -0.25) is 14.8 Å². The maximum absolute atomic E-state index is 11.7. The standard InChI is InChI=1S/C12H13N5OS/c1-6-2-3-19-8(6)5-14-9-4-7-10(16-9)11(18)17-12(13)15-7/h2-3H,4-5H2,1H3,(H,14,16)(H3,13,15,17,18). The number of aryl methyl sites for hydroxylation is 1. The molecule has 0 fully saturated rings. The molecule has 4 N–H and O–H groups in total. The zero-order chi connectivity index (χ0) is 13.4. The van der Waals surface area contributed by atoms with Gasteiger partial charge in [-0.15, -0.1) is 11.3 Å². The third-order valence-electron chi connectivity index (χ3n) is 3.00. The number of nitrogen functional groups attached to an aromatic ring is 1. The van der Waals surface area contributed by atoms with Gasteiger partial charge in [-0.1, -0.05) is 0 Å². The van der Waals surface area contributed by atoms with Crippen LogP contribution in [0.5, 0.6) is 0 Å². The third-order valence-corrected chi connectivity index (χ3v) is 4.01. The molecule has 0 saturated heterocycles. The van der Waals surface area contributed by atoms with E-state index in [9.17, 15) is 4.79 Å². The summed E-state index contributed by atoms with van der Waals surface area (Å²) in [4.78, 5) is 24.0. The molecule has 2 aromatic rings. The molecule has 98 valence electrons. The molecule has 0 spiro atoms. The Labute approximate surface area is 113 Å². The molecule has 6 nitrogen and oxygen atoms in total. The largest absolute Gasteiger partial charge is 0.369 e. The van der Waals surface area contributed by atoms with E-state index in [0.29, 0.717) is 24.3 Å². The summed E-state index contributed by atoms with van der Waals surface area (Å²) in [5.41, 5.74) is 7.62. The lowest BCUT2D eigenvalue weighted by atomic mass is 10.3. The maximum atomic E-state index is 11.7. The van der Waals surface area contributed by atoms with Crippen molar-refractivity contribution in [1.82, 2.24) is 9.97 Å². The number of aromatic nitrogens is 2. The highest BCUT2D eigenvalue weighted by Gasteiger charge is 2.21. The minimum Gasteiger partial charge on any atom is -0.369 e. The number of fused-ring (bicyclic) bond motifs is 1. The maximum Gasteiger partial charge on any atom is 0.276 e. The van der Waals surface area contributed by atoms with Crippen LogP contribution in [0, 0.1) is 6.92 Å². The van der Waals surface area contributed by atoms with Crippen LogP contribution in [0.25, 0.3) is 0 Å². The molecule has 0 atom stereocenters. The second-order valence-corrected chi connectivity index (χ2v) is 5.37. The molecule has 0 saturated carbocycles. The first-order valence-electron chi connectivity index (χ1n) is 5.85. The van der Waals surface area contributed by atoms with Gasteiger partial charge in [-0.25, -0.2) is 4.98 Å². The average molecular weight is 275 g/mol. The van der Waals surface area contributed by atoms with E-state index in [1.54, 1.807) is 11.3 Å². The number of rotatable bonds is 2. The number of anilines is 2. The number of aliphatic imine (C=N–C) groups is 1. The Morgan fingerprint density at radius 1 is 1.58 bits per heavy atom. The molecule has 0 bridgehead atoms. The zero-order valence-electron chi connectivity index (χ0n) is 10.4. The topological polar surface area (TPSA) is 96.2 Å². The van der Waals surface area contributed by atoms with E-state index in [-0.39, 0.29) is 11.5 Å². The van der Waals surface area contributed by atoms with Crippen LogP contribution >= 0.6 is 11.3 Å². The first kappa shape index (κ1) is 11.9. The van der Waals surface area contributed by atoms with Gasteiger partial charge >= 0.3 is 0 Å². The Kier molecular flexibility index (Phi) is 2.83. The molecule has 0 unspecified atom stereocenters. The van der Waals surface area contributed by atoms with Crippen molar-refractivity contribution in [1.29, 1.82) is 0 Å². The fourth-order valence-electron chi connectivity index (χ4n) is 1.97. The summed E-state index contributed by atoms with van der Waals surface area (Å²) in [5.74, 6) is 0.896. The predicted molar refractivity (Wildman–Crippen MR) is 76.8 cm³/mol. The molecule has 0 aliphatic carbocycles. The van der Waals surface area contributed by atoms with Gasteiger partial charge in [0.1, 0.15) is 11.5 Å². The molecule has 1 aliphatic rings. The van der Waals surface area contributed by atoms with E-state index >= 15 is 0 Å². The number of hydrogen-bond acceptors (Lipinski definition) is 5. The molecule has 7 heteroatoms. The molecular weight excluding hydrogens is 262 g/mol. The van der Waals surface area contributed by atoms with Gasteiger partial charge in [-0.05, 0) is 23.9 Å². The number of H-pyrrole nitrogens is 1. The Morgan fingerprint density at radius 2 is 2.42 bits per heavy atom. The number of amidine groups is 1. The second-order valence-electron chi connectivity index (χ2n) is 4.36. The second kappa shape index (κ2) is 4.51. The van der Waals surface area contributed by atoms with Crippen LogP contribution in [0.1, 0.15) is 16.1 Å². The minimum atomic E-state index is -0.250. The average Bonchev–Trinajstić information content (AvgIpc) is 2.92. The Hall–Kier alpha value is -2.15. The van der Waals surface area contributed by atoms with Gasteiger partial charge in [0.05, 0.1) is 18.7 Å². The van der Waals surface area contributed by atoms with E-state index in [1.807, 2.05) is 0 Å². The molecule has 1 aliphatic heterocycles. The fourth-order valence-corrected chi connectivity index (χ4v) is 2.80. The summed E-state index contributed by atoms with van der Waals surface area (Å²) >= 11 is 1.68. The monoisotopic (exact) mass is 275 g/mol. The predicted octanol–water partition coefficient (Wildman–Crippen LogP) is 1.29. The van der Waals surface area contributed by atoms with Gasteiger partial charge in [0, 0.05) is 4.88 Å². The van der Waals surface area contributed by atoms with Crippen LogP contribution in [-0.2, 0) is 13.0 Å².